The summed E-state index contributed by atoms with van der Waals surface area (Å²) in [7, 11) is -5.73. The maximum absolute atomic E-state index is 13.6. The van der Waals surface area contributed by atoms with Crippen molar-refractivity contribution in [2.75, 3.05) is 6.61 Å². The third-order valence-electron chi connectivity index (χ3n) is 9.33. The molecule has 7 unspecified atom stereocenters. The summed E-state index contributed by atoms with van der Waals surface area (Å²) in [5.74, 6) is -1.52. The highest BCUT2D eigenvalue weighted by Gasteiger charge is 2.67. The zero-order valence-electron chi connectivity index (χ0n) is 18.3. The monoisotopic (exact) mass is 504 g/mol. The molecular weight excluding hydrogens is 478 g/mol. The first-order valence-corrected chi connectivity index (χ1v) is 13.2. The highest BCUT2D eigenvalue weighted by atomic mass is 32.2. The molecule has 1 N–H and O–H groups in total. The summed E-state index contributed by atoms with van der Waals surface area (Å²) < 4.78 is 73.9. The molecule has 0 aromatic rings. The summed E-state index contributed by atoms with van der Waals surface area (Å²) in [6.45, 7) is -1.78. The molecule has 6 bridgehead atoms. The van der Waals surface area contributed by atoms with Gasteiger partial charge in [0.15, 0.2) is 6.61 Å². The Morgan fingerprint density at radius 2 is 1.68 bits per heavy atom. The fourth-order valence-electron chi connectivity index (χ4n) is 8.43. The Labute approximate surface area is 194 Å². The lowest BCUT2D eigenvalue weighted by atomic mass is 9.44. The number of rotatable bonds is 6. The van der Waals surface area contributed by atoms with Gasteiger partial charge in [0, 0.05) is 11.8 Å². The summed E-state index contributed by atoms with van der Waals surface area (Å²) in [5.41, 5.74) is -2.11. The van der Waals surface area contributed by atoms with Crippen molar-refractivity contribution in [3.63, 3.8) is 0 Å². The number of hydrogen-bond donors (Lipinski definition) is 1. The third kappa shape index (κ3) is 3.09. The first-order chi connectivity index (χ1) is 15.8. The molecule has 0 aromatic carbocycles. The molecule has 7 fully saturated rings. The van der Waals surface area contributed by atoms with Crippen LogP contribution >= 0.6 is 0 Å². The third-order valence-corrected chi connectivity index (χ3v) is 10.2. The van der Waals surface area contributed by atoms with Crippen molar-refractivity contribution in [3.05, 3.63) is 0 Å². The van der Waals surface area contributed by atoms with E-state index in [4.69, 9.17) is 18.8 Å². The van der Waals surface area contributed by atoms with Gasteiger partial charge < -0.3 is 14.2 Å². The Kier molecular flexibility index (Phi) is 4.59. The van der Waals surface area contributed by atoms with Crippen LogP contribution < -0.4 is 0 Å². The van der Waals surface area contributed by atoms with Crippen LogP contribution in [-0.2, 0) is 38.7 Å². The van der Waals surface area contributed by atoms with Gasteiger partial charge in [-0.1, -0.05) is 0 Å². The van der Waals surface area contributed by atoms with Crippen LogP contribution in [0.15, 0.2) is 0 Å². The maximum Gasteiger partial charge on any atom is 0.402 e. The Morgan fingerprint density at radius 3 is 2.29 bits per heavy atom. The van der Waals surface area contributed by atoms with Crippen LogP contribution in [0.5, 0.6) is 0 Å². The molecule has 1 heterocycles. The molecule has 1 aliphatic heterocycles. The highest BCUT2D eigenvalue weighted by Crippen LogP contribution is 2.66. The van der Waals surface area contributed by atoms with E-state index < -0.39 is 57.0 Å². The Morgan fingerprint density at radius 1 is 1.06 bits per heavy atom. The molecule has 7 rings (SSSR count). The van der Waals surface area contributed by atoms with E-state index in [9.17, 15) is 31.6 Å². The molecule has 1 saturated heterocycles. The molecule has 7 atom stereocenters. The van der Waals surface area contributed by atoms with E-state index in [1.54, 1.807) is 0 Å². The van der Waals surface area contributed by atoms with Crippen LogP contribution in [0.4, 0.5) is 8.78 Å². The van der Waals surface area contributed by atoms with E-state index in [2.05, 4.69) is 0 Å². The first-order valence-electron chi connectivity index (χ1n) is 11.8. The summed E-state index contributed by atoms with van der Waals surface area (Å²) >= 11 is 0. The molecular formula is C22H26F2O9S. The Balaban J connectivity index is 1.20. The van der Waals surface area contributed by atoms with E-state index in [0.29, 0.717) is 32.1 Å². The maximum atomic E-state index is 13.6. The standard InChI is InChI=1S/C22H26F2O9S/c23-22(24,34(28,29)30)9-31-18(26)20-4-10-1-11(5-20)7-21(6-10,8-20)19(27)33-15-12-2-13-14(3-12)17(25)32-16(13)15/h10-16H,1-9H2,(H,28,29,30). The van der Waals surface area contributed by atoms with Crippen molar-refractivity contribution >= 4 is 28.0 Å². The van der Waals surface area contributed by atoms with Gasteiger partial charge in [0.25, 0.3) is 0 Å². The zero-order valence-corrected chi connectivity index (χ0v) is 19.1. The zero-order chi connectivity index (χ0) is 24.3. The first kappa shape index (κ1) is 22.6. The SMILES string of the molecule is O=C1OC2C3CC(CC13)C2OC(=O)C12CC3CC(CC(C(=O)OCC(F)(F)S(=O)(=O)O)(C3)C1)C2. The van der Waals surface area contributed by atoms with E-state index in [1.165, 1.54) is 0 Å². The summed E-state index contributed by atoms with van der Waals surface area (Å²) in [6.07, 6.45) is 3.26. The number of alkyl halides is 2. The van der Waals surface area contributed by atoms with Crippen LogP contribution in [-0.4, -0.2) is 54.9 Å². The average molecular weight is 505 g/mol. The number of fused-ring (bicyclic) bond motifs is 1. The number of ether oxygens (including phenoxy) is 3. The quantitative estimate of drug-likeness (QED) is 0.328. The van der Waals surface area contributed by atoms with E-state index >= 15 is 0 Å². The second-order valence-electron chi connectivity index (χ2n) is 11.5. The van der Waals surface area contributed by atoms with Crippen LogP contribution in [0.25, 0.3) is 0 Å². The van der Waals surface area contributed by atoms with E-state index in [0.717, 1.165) is 12.8 Å². The van der Waals surface area contributed by atoms with Crippen molar-refractivity contribution < 1.29 is 50.3 Å². The predicted molar refractivity (Wildman–Crippen MR) is 106 cm³/mol. The van der Waals surface area contributed by atoms with Crippen molar-refractivity contribution in [2.45, 2.75) is 68.8 Å². The summed E-state index contributed by atoms with van der Waals surface area (Å²) in [4.78, 5) is 38.6. The Hall–Kier alpha value is -1.82. The predicted octanol–water partition coefficient (Wildman–Crippen LogP) is 2.09. The van der Waals surface area contributed by atoms with Crippen LogP contribution in [0, 0.1) is 40.4 Å². The van der Waals surface area contributed by atoms with Gasteiger partial charge in [0.05, 0.1) is 16.7 Å². The lowest BCUT2D eigenvalue weighted by Crippen LogP contribution is -2.59. The normalized spacial score (nSPS) is 46.0. The number of esters is 3. The summed E-state index contributed by atoms with van der Waals surface area (Å²) in [6, 6.07) is 0. The number of halogens is 2. The van der Waals surface area contributed by atoms with Gasteiger partial charge in [-0.05, 0) is 63.2 Å². The fraction of sp³-hybridized carbons (Fsp3) is 0.864. The molecule has 6 saturated carbocycles. The van der Waals surface area contributed by atoms with Gasteiger partial charge in [0.1, 0.15) is 12.2 Å². The largest absolute Gasteiger partial charge is 0.458 e. The van der Waals surface area contributed by atoms with Crippen molar-refractivity contribution in [1.82, 2.24) is 0 Å². The van der Waals surface area contributed by atoms with Crippen molar-refractivity contribution in [2.24, 2.45) is 40.4 Å². The molecule has 6 aliphatic carbocycles. The topological polar surface area (TPSA) is 133 Å². The average Bonchev–Trinajstić information content (AvgIpc) is 3.35. The van der Waals surface area contributed by atoms with Crippen molar-refractivity contribution in [3.8, 4) is 0 Å². The second-order valence-corrected chi connectivity index (χ2v) is 13.0. The minimum Gasteiger partial charge on any atom is -0.458 e. The van der Waals surface area contributed by atoms with Gasteiger partial charge in [-0.2, -0.15) is 17.2 Å². The molecule has 0 aromatic heterocycles. The Bertz CT molecular complexity index is 1060. The van der Waals surface area contributed by atoms with E-state index in [1.807, 2.05) is 0 Å². The van der Waals surface area contributed by atoms with E-state index in [-0.39, 0.29) is 42.0 Å². The highest BCUT2D eigenvalue weighted by molar-refractivity contribution is 7.86. The molecule has 0 radical (unpaired) electrons. The van der Waals surface area contributed by atoms with Crippen molar-refractivity contribution in [1.29, 1.82) is 0 Å². The van der Waals surface area contributed by atoms with Crippen LogP contribution in [0.1, 0.15) is 51.4 Å². The molecule has 34 heavy (non-hydrogen) atoms. The minimum absolute atomic E-state index is 0.0251. The van der Waals surface area contributed by atoms with Crippen LogP contribution in [0.2, 0.25) is 0 Å². The van der Waals surface area contributed by atoms with Crippen LogP contribution in [0.3, 0.4) is 0 Å². The smallest absolute Gasteiger partial charge is 0.402 e. The molecule has 0 amide bonds. The van der Waals surface area contributed by atoms with Gasteiger partial charge in [-0.3, -0.25) is 18.9 Å². The lowest BCUT2D eigenvalue weighted by molar-refractivity contribution is -0.203. The van der Waals surface area contributed by atoms with Gasteiger partial charge in [-0.15, -0.1) is 0 Å². The molecule has 9 nitrogen and oxygen atoms in total. The van der Waals surface area contributed by atoms with Gasteiger partial charge in [-0.25, -0.2) is 0 Å². The summed E-state index contributed by atoms with van der Waals surface area (Å²) in [5, 5.41) is -4.61. The lowest BCUT2D eigenvalue weighted by Gasteiger charge is -2.59. The van der Waals surface area contributed by atoms with Gasteiger partial charge in [0.2, 0.25) is 0 Å². The fourth-order valence-corrected chi connectivity index (χ4v) is 8.64. The molecule has 0 spiro atoms. The molecule has 188 valence electrons. The minimum atomic E-state index is -5.73. The number of carbonyl (C=O) groups is 3. The molecule has 7 aliphatic rings. The number of carbonyl (C=O) groups excluding carboxylic acids is 3. The second kappa shape index (κ2) is 6.89. The number of hydrogen-bond acceptors (Lipinski definition) is 8. The molecule has 12 heteroatoms. The van der Waals surface area contributed by atoms with Gasteiger partial charge >= 0.3 is 33.3 Å².